The molecule has 2 heterocycles. The average Bonchev–Trinajstić information content (AvgIpc) is 3.10. The highest BCUT2D eigenvalue weighted by Gasteiger charge is 2.23. The highest BCUT2D eigenvalue weighted by molar-refractivity contribution is 5.89. The molecule has 1 aliphatic heterocycles. The highest BCUT2D eigenvalue weighted by atomic mass is 19.1. The van der Waals surface area contributed by atoms with Crippen molar-refractivity contribution in [3.63, 3.8) is 0 Å². The molecule has 1 aromatic carbocycles. The van der Waals surface area contributed by atoms with Crippen LogP contribution in [-0.2, 0) is 11.3 Å². The summed E-state index contributed by atoms with van der Waals surface area (Å²) in [5, 5.41) is 2.65. The SMILES string of the molecule is O=C(Nc1ccccc1F)N(Cc1ccncc1)C[C@H]1CCCO1. The second-order valence-electron chi connectivity index (χ2n) is 5.78. The zero-order valence-corrected chi connectivity index (χ0v) is 13.3. The van der Waals surface area contributed by atoms with E-state index in [4.69, 9.17) is 4.74 Å². The van der Waals surface area contributed by atoms with Gasteiger partial charge in [0.25, 0.3) is 0 Å². The van der Waals surface area contributed by atoms with Gasteiger partial charge < -0.3 is 15.0 Å². The summed E-state index contributed by atoms with van der Waals surface area (Å²) in [6.45, 7) is 1.62. The number of amides is 2. The number of hydrogen-bond donors (Lipinski definition) is 1. The van der Waals surface area contributed by atoms with Crippen LogP contribution in [0, 0.1) is 5.82 Å². The van der Waals surface area contributed by atoms with Crippen molar-refractivity contribution in [3.05, 3.63) is 60.2 Å². The van der Waals surface area contributed by atoms with E-state index in [1.807, 2.05) is 12.1 Å². The van der Waals surface area contributed by atoms with Crippen molar-refractivity contribution < 1.29 is 13.9 Å². The fourth-order valence-electron chi connectivity index (χ4n) is 2.72. The van der Waals surface area contributed by atoms with Gasteiger partial charge in [0, 0.05) is 32.1 Å². The smallest absolute Gasteiger partial charge is 0.322 e. The Morgan fingerprint density at radius 1 is 1.29 bits per heavy atom. The third-order valence-corrected chi connectivity index (χ3v) is 3.97. The first-order valence-corrected chi connectivity index (χ1v) is 8.03. The Bertz CT molecular complexity index is 675. The van der Waals surface area contributed by atoms with Crippen molar-refractivity contribution in [2.75, 3.05) is 18.5 Å². The number of carbonyl (C=O) groups excluding carboxylic acids is 1. The molecule has 5 nitrogen and oxygen atoms in total. The maximum absolute atomic E-state index is 13.8. The quantitative estimate of drug-likeness (QED) is 0.914. The first-order valence-electron chi connectivity index (χ1n) is 8.03. The molecule has 0 spiro atoms. The predicted molar refractivity (Wildman–Crippen MR) is 89.0 cm³/mol. The second-order valence-corrected chi connectivity index (χ2v) is 5.78. The standard InChI is InChI=1S/C18H20FN3O2/c19-16-5-1-2-6-17(16)21-18(23)22(13-15-4-3-11-24-15)12-14-7-9-20-10-8-14/h1-2,5-10,15H,3-4,11-13H2,(H,21,23)/t15-/m1/s1. The van der Waals surface area contributed by atoms with Gasteiger partial charge in [-0.3, -0.25) is 4.98 Å². The Labute approximate surface area is 140 Å². The fourth-order valence-corrected chi connectivity index (χ4v) is 2.72. The lowest BCUT2D eigenvalue weighted by Crippen LogP contribution is -2.39. The summed E-state index contributed by atoms with van der Waals surface area (Å²) in [5.74, 6) is -0.452. The number of benzene rings is 1. The Morgan fingerprint density at radius 3 is 2.79 bits per heavy atom. The Hall–Kier alpha value is -2.47. The average molecular weight is 329 g/mol. The summed E-state index contributed by atoms with van der Waals surface area (Å²) >= 11 is 0. The summed E-state index contributed by atoms with van der Waals surface area (Å²) in [6.07, 6.45) is 5.34. The van der Waals surface area contributed by atoms with Crippen LogP contribution in [0.3, 0.4) is 0 Å². The van der Waals surface area contributed by atoms with Crippen molar-refractivity contribution in [3.8, 4) is 0 Å². The molecule has 1 fully saturated rings. The van der Waals surface area contributed by atoms with E-state index in [-0.39, 0.29) is 17.8 Å². The van der Waals surface area contributed by atoms with E-state index in [0.29, 0.717) is 13.1 Å². The molecule has 6 heteroatoms. The van der Waals surface area contributed by atoms with Crippen LogP contribution < -0.4 is 5.32 Å². The van der Waals surface area contributed by atoms with E-state index in [0.717, 1.165) is 25.0 Å². The third kappa shape index (κ3) is 4.29. The van der Waals surface area contributed by atoms with Crippen molar-refractivity contribution in [1.82, 2.24) is 9.88 Å². The fraction of sp³-hybridized carbons (Fsp3) is 0.333. The van der Waals surface area contributed by atoms with Gasteiger partial charge >= 0.3 is 6.03 Å². The maximum atomic E-state index is 13.8. The molecule has 2 amide bonds. The van der Waals surface area contributed by atoms with Crippen LogP contribution in [0.1, 0.15) is 18.4 Å². The first-order chi connectivity index (χ1) is 11.7. The molecule has 2 aromatic rings. The molecule has 1 atom stereocenters. The molecule has 3 rings (SSSR count). The van der Waals surface area contributed by atoms with Gasteiger partial charge in [0.15, 0.2) is 0 Å². The summed E-state index contributed by atoms with van der Waals surface area (Å²) in [5.41, 5.74) is 1.14. The number of aromatic nitrogens is 1. The minimum atomic E-state index is -0.452. The number of anilines is 1. The van der Waals surface area contributed by atoms with Gasteiger partial charge in [0.05, 0.1) is 11.8 Å². The number of pyridine rings is 1. The Morgan fingerprint density at radius 2 is 2.08 bits per heavy atom. The topological polar surface area (TPSA) is 54.5 Å². The van der Waals surface area contributed by atoms with Gasteiger partial charge in [-0.25, -0.2) is 9.18 Å². The number of nitrogens with one attached hydrogen (secondary N) is 1. The number of halogens is 1. The molecule has 126 valence electrons. The van der Waals surface area contributed by atoms with Crippen LogP contribution in [-0.4, -0.2) is 35.2 Å². The Balaban J connectivity index is 1.72. The molecule has 0 bridgehead atoms. The lowest BCUT2D eigenvalue weighted by molar-refractivity contribution is 0.0819. The first kappa shape index (κ1) is 16.4. The molecule has 0 saturated carbocycles. The third-order valence-electron chi connectivity index (χ3n) is 3.97. The predicted octanol–water partition coefficient (Wildman–Crippen LogP) is 3.43. The van der Waals surface area contributed by atoms with E-state index < -0.39 is 5.82 Å². The van der Waals surface area contributed by atoms with Gasteiger partial charge in [-0.2, -0.15) is 0 Å². The van der Waals surface area contributed by atoms with E-state index in [2.05, 4.69) is 10.3 Å². The Kier molecular flexibility index (Phi) is 5.38. The highest BCUT2D eigenvalue weighted by Crippen LogP contribution is 2.18. The van der Waals surface area contributed by atoms with Crippen LogP contribution >= 0.6 is 0 Å². The molecule has 0 radical (unpaired) electrons. The van der Waals surface area contributed by atoms with Gasteiger partial charge in [-0.1, -0.05) is 12.1 Å². The molecule has 1 aliphatic rings. The lowest BCUT2D eigenvalue weighted by Gasteiger charge is -2.26. The van der Waals surface area contributed by atoms with Gasteiger partial charge in [-0.05, 0) is 42.7 Å². The number of urea groups is 1. The summed E-state index contributed by atoms with van der Waals surface area (Å²) < 4.78 is 19.4. The number of ether oxygens (including phenoxy) is 1. The second kappa shape index (κ2) is 7.88. The van der Waals surface area contributed by atoms with Crippen LogP contribution in [0.2, 0.25) is 0 Å². The summed E-state index contributed by atoms with van der Waals surface area (Å²) in [4.78, 5) is 18.3. The monoisotopic (exact) mass is 329 g/mol. The summed E-state index contributed by atoms with van der Waals surface area (Å²) in [6, 6.07) is 9.52. The number of rotatable bonds is 5. The number of nitrogens with zero attached hydrogens (tertiary/aromatic N) is 2. The molecule has 0 aliphatic carbocycles. The maximum Gasteiger partial charge on any atom is 0.322 e. The minimum Gasteiger partial charge on any atom is -0.376 e. The van der Waals surface area contributed by atoms with E-state index in [1.54, 1.807) is 35.5 Å². The number of para-hydroxylation sites is 1. The van der Waals surface area contributed by atoms with E-state index >= 15 is 0 Å². The minimum absolute atomic E-state index is 0.0261. The molecule has 1 N–H and O–H groups in total. The largest absolute Gasteiger partial charge is 0.376 e. The lowest BCUT2D eigenvalue weighted by atomic mass is 10.2. The number of carbonyl (C=O) groups is 1. The summed E-state index contributed by atoms with van der Waals surface area (Å²) in [7, 11) is 0. The van der Waals surface area contributed by atoms with Crippen molar-refractivity contribution in [2.45, 2.75) is 25.5 Å². The van der Waals surface area contributed by atoms with Crippen LogP contribution in [0.15, 0.2) is 48.8 Å². The van der Waals surface area contributed by atoms with Crippen LogP contribution in [0.25, 0.3) is 0 Å². The molecule has 1 aromatic heterocycles. The van der Waals surface area contributed by atoms with E-state index in [1.165, 1.54) is 6.07 Å². The van der Waals surface area contributed by atoms with Gasteiger partial charge in [-0.15, -0.1) is 0 Å². The van der Waals surface area contributed by atoms with Crippen LogP contribution in [0.4, 0.5) is 14.9 Å². The zero-order valence-electron chi connectivity index (χ0n) is 13.3. The molecular formula is C18H20FN3O2. The van der Waals surface area contributed by atoms with Gasteiger partial charge in [0.1, 0.15) is 5.82 Å². The zero-order chi connectivity index (χ0) is 16.8. The molecular weight excluding hydrogens is 309 g/mol. The van der Waals surface area contributed by atoms with Crippen molar-refractivity contribution in [1.29, 1.82) is 0 Å². The molecule has 1 saturated heterocycles. The van der Waals surface area contributed by atoms with Crippen molar-refractivity contribution >= 4 is 11.7 Å². The molecule has 0 unspecified atom stereocenters. The molecule has 24 heavy (non-hydrogen) atoms. The van der Waals surface area contributed by atoms with Crippen LogP contribution in [0.5, 0.6) is 0 Å². The van der Waals surface area contributed by atoms with Crippen molar-refractivity contribution in [2.24, 2.45) is 0 Å². The van der Waals surface area contributed by atoms with E-state index in [9.17, 15) is 9.18 Å². The normalized spacial score (nSPS) is 16.8. The van der Waals surface area contributed by atoms with Gasteiger partial charge in [0.2, 0.25) is 0 Å². The number of hydrogen-bond acceptors (Lipinski definition) is 3.